The molecule has 0 fully saturated rings. The molecule has 224 valence electrons. The van der Waals surface area contributed by atoms with Gasteiger partial charge in [-0.15, -0.1) is 0 Å². The Kier molecular flexibility index (Phi) is 25.9. The zero-order valence-corrected chi connectivity index (χ0v) is 28.3. The molecule has 0 saturated heterocycles. The van der Waals surface area contributed by atoms with Crippen LogP contribution in [0.25, 0.3) is 0 Å². The van der Waals surface area contributed by atoms with E-state index in [1.807, 2.05) is 0 Å². The zero-order valence-electron chi connectivity index (χ0n) is 25.4. The molecule has 0 bridgehead atoms. The van der Waals surface area contributed by atoms with Gasteiger partial charge < -0.3 is 0 Å². The first kappa shape index (κ1) is 37.2. The molecule has 0 spiro atoms. The third-order valence-corrected chi connectivity index (χ3v) is 12.0. The molecule has 0 unspecified atom stereocenters. The van der Waals surface area contributed by atoms with Crippen LogP contribution in [0.4, 0.5) is 0 Å². The van der Waals surface area contributed by atoms with Crippen molar-refractivity contribution in [1.82, 2.24) is 0 Å². The van der Waals surface area contributed by atoms with E-state index in [0.29, 0.717) is 0 Å². The van der Waals surface area contributed by atoms with E-state index in [4.69, 9.17) is 9.22 Å². The number of carbonyl (C=O) groups is 3. The summed E-state index contributed by atoms with van der Waals surface area (Å²) in [6.45, 7) is 6.59. The van der Waals surface area contributed by atoms with Gasteiger partial charge in [0.2, 0.25) is 0 Å². The zero-order chi connectivity index (χ0) is 28.3. The third kappa shape index (κ3) is 24.3. The molecule has 0 aliphatic carbocycles. The Balaban J connectivity index is 4.62. The van der Waals surface area contributed by atoms with E-state index in [9.17, 15) is 14.4 Å². The maximum atomic E-state index is 12.6. The molecule has 38 heavy (non-hydrogen) atoms. The van der Waals surface area contributed by atoms with Crippen molar-refractivity contribution in [3.05, 3.63) is 0 Å². The van der Waals surface area contributed by atoms with E-state index in [0.717, 1.165) is 57.8 Å². The molecule has 0 N–H and O–H groups in total. The van der Waals surface area contributed by atoms with Gasteiger partial charge in [-0.1, -0.05) is 0 Å². The summed E-state index contributed by atoms with van der Waals surface area (Å²) in [6.07, 6.45) is 23.9. The van der Waals surface area contributed by atoms with E-state index in [1.54, 1.807) is 4.94 Å². The van der Waals surface area contributed by atoms with Crippen LogP contribution < -0.4 is 0 Å². The fourth-order valence-corrected chi connectivity index (χ4v) is 9.29. The first-order valence-corrected chi connectivity index (χ1v) is 22.4. The van der Waals surface area contributed by atoms with Crippen LogP contribution >= 0.6 is 0 Å². The quantitative estimate of drug-likeness (QED) is 0.0653. The van der Waals surface area contributed by atoms with E-state index in [2.05, 4.69) is 20.8 Å². The molecule has 7 heteroatoms. The van der Waals surface area contributed by atoms with Crippen LogP contribution in [0.3, 0.4) is 0 Å². The Morgan fingerprint density at radius 3 is 0.842 bits per heavy atom. The predicted molar refractivity (Wildman–Crippen MR) is 158 cm³/mol. The first-order chi connectivity index (χ1) is 18.4. The molecule has 0 radical (unpaired) electrons. The van der Waals surface area contributed by atoms with Crippen LogP contribution in [0.2, 0.25) is 4.94 Å². The summed E-state index contributed by atoms with van der Waals surface area (Å²) in [7, 11) is 0. The van der Waals surface area contributed by atoms with Crippen molar-refractivity contribution in [2.75, 3.05) is 0 Å². The second kappa shape index (κ2) is 26.4. The molecule has 0 atom stereocenters. The fourth-order valence-electron chi connectivity index (χ4n) is 4.52. The van der Waals surface area contributed by atoms with Gasteiger partial charge in [0.15, 0.2) is 0 Å². The molecule has 0 saturated carbocycles. The average Bonchev–Trinajstić information content (AvgIpc) is 2.86. The van der Waals surface area contributed by atoms with Gasteiger partial charge in [0, 0.05) is 0 Å². The summed E-state index contributed by atoms with van der Waals surface area (Å²) in [6, 6.07) is 0. The molecular weight excluding hydrogens is 587 g/mol. The molecule has 0 heterocycles. The standard InChI is InChI=1S/3C10H20O2.CH3.Sn/c3*1-2-3-4-5-6-7-8-9-10(11)12;;/h3*2-9H2,1H3,(H,11,12);1H3;/q;;;;+3/p-3. The minimum absolute atomic E-state index is 0.269. The van der Waals surface area contributed by atoms with Crippen molar-refractivity contribution < 1.29 is 23.6 Å². The number of hydrogen-bond acceptors (Lipinski definition) is 6. The summed E-state index contributed by atoms with van der Waals surface area (Å²) in [5, 5.41) is 0. The Morgan fingerprint density at radius 1 is 0.395 bits per heavy atom. The summed E-state index contributed by atoms with van der Waals surface area (Å²) < 4.78 is 17.0. The van der Waals surface area contributed by atoms with Gasteiger partial charge in [-0.05, 0) is 0 Å². The Hall–Kier alpha value is -0.791. The molecule has 0 aliphatic heterocycles. The first-order valence-electron chi connectivity index (χ1n) is 16.0. The number of rotatable bonds is 27. The second-order valence-corrected chi connectivity index (χ2v) is 17.6. The van der Waals surface area contributed by atoms with Crippen molar-refractivity contribution in [3.63, 3.8) is 0 Å². The van der Waals surface area contributed by atoms with E-state index >= 15 is 0 Å². The molecule has 0 aromatic heterocycles. The van der Waals surface area contributed by atoms with Crippen LogP contribution in [0.15, 0.2) is 0 Å². The second-order valence-electron chi connectivity index (χ2n) is 10.9. The van der Waals surface area contributed by atoms with Crippen molar-refractivity contribution in [2.45, 2.75) is 180 Å². The van der Waals surface area contributed by atoms with Gasteiger partial charge in [-0.25, -0.2) is 0 Å². The van der Waals surface area contributed by atoms with Crippen LogP contribution in [0, 0.1) is 0 Å². The fraction of sp³-hybridized carbons (Fsp3) is 0.903. The van der Waals surface area contributed by atoms with Crippen LogP contribution in [-0.2, 0) is 23.6 Å². The molecule has 0 aromatic rings. The summed E-state index contributed by atoms with van der Waals surface area (Å²) in [4.78, 5) is 39.3. The van der Waals surface area contributed by atoms with E-state index in [1.165, 1.54) is 77.0 Å². The van der Waals surface area contributed by atoms with Crippen molar-refractivity contribution in [1.29, 1.82) is 0 Å². The Bertz CT molecular complexity index is 516. The normalized spacial score (nSPS) is 11.4. The van der Waals surface area contributed by atoms with Gasteiger partial charge in [0.25, 0.3) is 0 Å². The summed E-state index contributed by atoms with van der Waals surface area (Å²) in [5.41, 5.74) is 0. The number of unbranched alkanes of at least 4 members (excludes halogenated alkanes) is 18. The Labute approximate surface area is 240 Å². The van der Waals surface area contributed by atoms with Crippen LogP contribution in [0.5, 0.6) is 0 Å². The van der Waals surface area contributed by atoms with Crippen LogP contribution in [-0.4, -0.2) is 37.5 Å². The van der Waals surface area contributed by atoms with Gasteiger partial charge in [0.1, 0.15) is 0 Å². The molecule has 0 aromatic carbocycles. The minimum atomic E-state index is -4.64. The van der Waals surface area contributed by atoms with Gasteiger partial charge in [0.05, 0.1) is 0 Å². The van der Waals surface area contributed by atoms with Crippen LogP contribution in [0.1, 0.15) is 175 Å². The molecular formula is C31H60O6Sn. The van der Waals surface area contributed by atoms with E-state index in [-0.39, 0.29) is 19.3 Å². The van der Waals surface area contributed by atoms with Gasteiger partial charge in [-0.2, -0.15) is 0 Å². The van der Waals surface area contributed by atoms with Crippen molar-refractivity contribution >= 4 is 37.5 Å². The predicted octanol–water partition coefficient (Wildman–Crippen LogP) is 9.61. The molecule has 0 amide bonds. The molecule has 0 rings (SSSR count). The number of hydrogen-bond donors (Lipinski definition) is 0. The molecule has 6 nitrogen and oxygen atoms in total. The van der Waals surface area contributed by atoms with Crippen molar-refractivity contribution in [2.24, 2.45) is 0 Å². The SMILES string of the molecule is CCCCCCCCCC(=O)[O][Sn]([CH3])([O]C(=O)CCCCCCCCC)[O]C(=O)CCCCCCCCC. The molecule has 0 aliphatic rings. The monoisotopic (exact) mass is 648 g/mol. The average molecular weight is 648 g/mol. The summed E-state index contributed by atoms with van der Waals surface area (Å²) in [5.74, 6) is -1.24. The van der Waals surface area contributed by atoms with Gasteiger partial charge >= 0.3 is 241 Å². The maximum absolute atomic E-state index is 12.6. The van der Waals surface area contributed by atoms with Gasteiger partial charge in [-0.3, -0.25) is 0 Å². The van der Waals surface area contributed by atoms with E-state index < -0.39 is 37.5 Å². The topological polar surface area (TPSA) is 78.9 Å². The Morgan fingerprint density at radius 2 is 0.605 bits per heavy atom. The third-order valence-electron chi connectivity index (χ3n) is 6.85. The number of carbonyl (C=O) groups excluding carboxylic acids is 3. The summed E-state index contributed by atoms with van der Waals surface area (Å²) >= 11 is -4.64. The van der Waals surface area contributed by atoms with Crippen molar-refractivity contribution in [3.8, 4) is 0 Å².